The van der Waals surface area contributed by atoms with E-state index in [1.165, 1.54) is 16.7 Å². The number of ether oxygens (including phenoxy) is 1. The van der Waals surface area contributed by atoms with Gasteiger partial charge < -0.3 is 9.26 Å². The van der Waals surface area contributed by atoms with Crippen LogP contribution in [0.15, 0.2) is 51.1 Å². The number of aromatic nitrogens is 2. The van der Waals surface area contributed by atoms with E-state index in [9.17, 15) is 0 Å². The molecule has 0 aliphatic carbocycles. The van der Waals surface area contributed by atoms with Gasteiger partial charge in [-0.3, -0.25) is 0 Å². The Labute approximate surface area is 163 Å². The second-order valence-electron chi connectivity index (χ2n) is 7.68. The van der Waals surface area contributed by atoms with Gasteiger partial charge in [-0.2, -0.15) is 15.2 Å². The lowest BCUT2D eigenvalue weighted by molar-refractivity contribution is 0.0586. The van der Waals surface area contributed by atoms with Gasteiger partial charge in [-0.1, -0.05) is 28.4 Å². The molecule has 2 aliphatic rings. The largest absolute Gasteiger partial charge is 0.381 e. The van der Waals surface area contributed by atoms with Gasteiger partial charge in [0.1, 0.15) is 6.04 Å². The fourth-order valence-electron chi connectivity index (χ4n) is 4.14. The molecule has 0 amide bonds. The van der Waals surface area contributed by atoms with E-state index >= 15 is 0 Å². The predicted molar refractivity (Wildman–Crippen MR) is 105 cm³/mol. The molecular formula is C22H22N4O2. The Kier molecular flexibility index (Phi) is 4.28. The lowest BCUT2D eigenvalue weighted by Crippen LogP contribution is -2.20. The van der Waals surface area contributed by atoms with Crippen LogP contribution in [0.4, 0.5) is 5.69 Å². The van der Waals surface area contributed by atoms with Crippen molar-refractivity contribution in [3.05, 3.63) is 53.1 Å². The third-order valence-corrected chi connectivity index (χ3v) is 5.50. The van der Waals surface area contributed by atoms with E-state index in [0.29, 0.717) is 17.6 Å². The average molecular weight is 374 g/mol. The second kappa shape index (κ2) is 6.95. The molecular weight excluding hydrogens is 352 g/mol. The van der Waals surface area contributed by atoms with Crippen LogP contribution in [-0.2, 0) is 4.74 Å². The number of hydrogen-bond acceptors (Lipinski definition) is 6. The van der Waals surface area contributed by atoms with Crippen LogP contribution in [0.3, 0.4) is 0 Å². The van der Waals surface area contributed by atoms with Crippen molar-refractivity contribution in [2.75, 3.05) is 13.2 Å². The SMILES string of the molecule is Cc1cc(C)cc(-c2noc(-c3ccc4c(c3)N=NC4C3CCOCC3)n2)c1. The summed E-state index contributed by atoms with van der Waals surface area (Å²) >= 11 is 0. The van der Waals surface area contributed by atoms with E-state index in [0.717, 1.165) is 42.9 Å². The summed E-state index contributed by atoms with van der Waals surface area (Å²) in [5.74, 6) is 1.61. The number of rotatable bonds is 3. The van der Waals surface area contributed by atoms with Crippen molar-refractivity contribution < 1.29 is 9.26 Å². The zero-order chi connectivity index (χ0) is 19.1. The van der Waals surface area contributed by atoms with Crippen molar-refractivity contribution in [3.8, 4) is 22.8 Å². The Balaban J connectivity index is 1.42. The molecule has 0 N–H and O–H groups in total. The molecule has 1 fully saturated rings. The molecule has 142 valence electrons. The Bertz CT molecular complexity index is 1030. The van der Waals surface area contributed by atoms with Crippen molar-refractivity contribution >= 4 is 5.69 Å². The zero-order valence-corrected chi connectivity index (χ0v) is 16.1. The van der Waals surface area contributed by atoms with E-state index < -0.39 is 0 Å². The maximum absolute atomic E-state index is 5.54. The molecule has 6 nitrogen and oxygen atoms in total. The van der Waals surface area contributed by atoms with Crippen molar-refractivity contribution in [2.24, 2.45) is 16.1 Å². The normalized spacial score (nSPS) is 19.1. The van der Waals surface area contributed by atoms with E-state index in [-0.39, 0.29) is 6.04 Å². The summed E-state index contributed by atoms with van der Waals surface area (Å²) in [5, 5.41) is 13.1. The minimum Gasteiger partial charge on any atom is -0.381 e. The summed E-state index contributed by atoms with van der Waals surface area (Å²) in [6.45, 7) is 5.76. The van der Waals surface area contributed by atoms with Gasteiger partial charge in [-0.15, -0.1) is 0 Å². The molecule has 0 spiro atoms. The number of nitrogens with zero attached hydrogens (tertiary/aromatic N) is 4. The molecule has 3 aromatic rings. The number of hydrogen-bond donors (Lipinski definition) is 0. The van der Waals surface area contributed by atoms with Gasteiger partial charge in [0.05, 0.1) is 5.69 Å². The van der Waals surface area contributed by atoms with Crippen molar-refractivity contribution in [2.45, 2.75) is 32.7 Å². The average Bonchev–Trinajstić information content (AvgIpc) is 3.35. The highest BCUT2D eigenvalue weighted by atomic mass is 16.5. The third kappa shape index (κ3) is 3.14. The molecule has 28 heavy (non-hydrogen) atoms. The van der Waals surface area contributed by atoms with E-state index in [1.54, 1.807) is 0 Å². The van der Waals surface area contributed by atoms with Crippen LogP contribution in [-0.4, -0.2) is 23.4 Å². The maximum atomic E-state index is 5.54. The standard InChI is InChI=1S/C22H22N4O2/c1-13-9-14(2)11-17(10-13)21-23-22(28-26-21)16-3-4-18-19(12-16)24-25-20(18)15-5-7-27-8-6-15/h3-4,9-12,15,20H,5-8H2,1-2H3. The van der Waals surface area contributed by atoms with Gasteiger partial charge in [0.15, 0.2) is 0 Å². The minimum atomic E-state index is 0.140. The molecule has 2 aliphatic heterocycles. The first-order chi connectivity index (χ1) is 13.7. The van der Waals surface area contributed by atoms with Gasteiger partial charge in [-0.25, -0.2) is 0 Å². The fraction of sp³-hybridized carbons (Fsp3) is 0.364. The third-order valence-electron chi connectivity index (χ3n) is 5.50. The lowest BCUT2D eigenvalue weighted by atomic mass is 9.87. The first kappa shape index (κ1) is 17.3. The Hall–Kier alpha value is -2.86. The molecule has 5 rings (SSSR count). The van der Waals surface area contributed by atoms with Crippen LogP contribution in [0.1, 0.15) is 35.6 Å². The Morgan fingerprint density at radius 1 is 0.929 bits per heavy atom. The number of fused-ring (bicyclic) bond motifs is 1. The van der Waals surface area contributed by atoms with Crippen LogP contribution in [0.2, 0.25) is 0 Å². The van der Waals surface area contributed by atoms with Gasteiger partial charge >= 0.3 is 0 Å². The number of azo groups is 1. The highest BCUT2D eigenvalue weighted by molar-refractivity contribution is 5.66. The van der Waals surface area contributed by atoms with Gasteiger partial charge in [-0.05, 0) is 56.9 Å². The molecule has 3 heterocycles. The molecule has 1 atom stereocenters. The van der Waals surface area contributed by atoms with Crippen LogP contribution < -0.4 is 0 Å². The van der Waals surface area contributed by atoms with Crippen molar-refractivity contribution in [1.82, 2.24) is 10.1 Å². The predicted octanol–water partition coefficient (Wildman–Crippen LogP) is 5.59. The summed E-state index contributed by atoms with van der Waals surface area (Å²) in [7, 11) is 0. The lowest BCUT2D eigenvalue weighted by Gasteiger charge is -2.25. The molecule has 2 aromatic carbocycles. The van der Waals surface area contributed by atoms with Gasteiger partial charge in [0.25, 0.3) is 5.89 Å². The van der Waals surface area contributed by atoms with E-state index in [4.69, 9.17) is 9.26 Å². The monoisotopic (exact) mass is 374 g/mol. The van der Waals surface area contributed by atoms with Crippen LogP contribution in [0.25, 0.3) is 22.8 Å². The Morgan fingerprint density at radius 2 is 1.71 bits per heavy atom. The summed E-state index contributed by atoms with van der Waals surface area (Å²) in [4.78, 5) is 4.60. The van der Waals surface area contributed by atoms with Crippen molar-refractivity contribution in [1.29, 1.82) is 0 Å². The zero-order valence-electron chi connectivity index (χ0n) is 16.1. The highest BCUT2D eigenvalue weighted by Gasteiger charge is 2.30. The number of aryl methyl sites for hydroxylation is 2. The van der Waals surface area contributed by atoms with Crippen LogP contribution in [0.5, 0.6) is 0 Å². The molecule has 6 heteroatoms. The second-order valence-corrected chi connectivity index (χ2v) is 7.68. The van der Waals surface area contributed by atoms with Gasteiger partial charge in [0, 0.05) is 29.9 Å². The fourth-order valence-corrected chi connectivity index (χ4v) is 4.14. The first-order valence-corrected chi connectivity index (χ1v) is 9.73. The molecule has 1 unspecified atom stereocenters. The first-order valence-electron chi connectivity index (χ1n) is 9.73. The maximum Gasteiger partial charge on any atom is 0.258 e. The molecule has 0 bridgehead atoms. The highest BCUT2D eigenvalue weighted by Crippen LogP contribution is 2.44. The van der Waals surface area contributed by atoms with E-state index in [1.807, 2.05) is 12.1 Å². The minimum absolute atomic E-state index is 0.140. The quantitative estimate of drug-likeness (QED) is 0.599. The van der Waals surface area contributed by atoms with Crippen LogP contribution >= 0.6 is 0 Å². The van der Waals surface area contributed by atoms with Crippen molar-refractivity contribution in [3.63, 3.8) is 0 Å². The topological polar surface area (TPSA) is 72.9 Å². The molecule has 0 radical (unpaired) electrons. The van der Waals surface area contributed by atoms with Crippen LogP contribution in [0, 0.1) is 19.8 Å². The summed E-state index contributed by atoms with van der Waals surface area (Å²) in [6, 6.07) is 12.5. The van der Waals surface area contributed by atoms with Gasteiger partial charge in [0.2, 0.25) is 5.82 Å². The van der Waals surface area contributed by atoms with E-state index in [2.05, 4.69) is 58.5 Å². The number of benzene rings is 2. The molecule has 1 saturated heterocycles. The summed E-state index contributed by atoms with van der Waals surface area (Å²) in [6.07, 6.45) is 2.07. The molecule has 1 aromatic heterocycles. The Morgan fingerprint density at radius 3 is 2.50 bits per heavy atom. The molecule has 0 saturated carbocycles. The smallest absolute Gasteiger partial charge is 0.258 e. The summed E-state index contributed by atoms with van der Waals surface area (Å²) in [5.41, 5.74) is 6.28. The summed E-state index contributed by atoms with van der Waals surface area (Å²) < 4.78 is 11.0.